The number of rotatable bonds is 2. The number of aliphatic hydroxyl groups is 1. The third-order valence-corrected chi connectivity index (χ3v) is 3.60. The second-order valence-corrected chi connectivity index (χ2v) is 4.90. The summed E-state index contributed by atoms with van der Waals surface area (Å²) in [5.74, 6) is -1.65. The van der Waals surface area contributed by atoms with Gasteiger partial charge in [0.25, 0.3) is 0 Å². The third-order valence-electron chi connectivity index (χ3n) is 3.60. The van der Waals surface area contributed by atoms with Crippen molar-refractivity contribution in [3.63, 3.8) is 0 Å². The highest BCUT2D eigenvalue weighted by molar-refractivity contribution is 5.28. The molecule has 2 rings (SSSR count). The van der Waals surface area contributed by atoms with Crippen LogP contribution in [0.15, 0.2) is 18.2 Å². The minimum atomic E-state index is -1.11. The second-order valence-electron chi connectivity index (χ2n) is 4.90. The van der Waals surface area contributed by atoms with Gasteiger partial charge in [-0.1, -0.05) is 6.07 Å². The van der Waals surface area contributed by atoms with Crippen LogP contribution in [0.2, 0.25) is 0 Å². The van der Waals surface area contributed by atoms with Crippen molar-refractivity contribution in [2.45, 2.75) is 25.0 Å². The topological polar surface area (TPSA) is 55.5 Å². The van der Waals surface area contributed by atoms with E-state index >= 15 is 0 Å². The molecule has 3 nitrogen and oxygen atoms in total. The van der Waals surface area contributed by atoms with Crippen molar-refractivity contribution < 1.29 is 18.6 Å². The summed E-state index contributed by atoms with van der Waals surface area (Å²) in [5.41, 5.74) is 5.28. The largest absolute Gasteiger partial charge is 0.396 e. The van der Waals surface area contributed by atoms with Gasteiger partial charge in [0.2, 0.25) is 0 Å². The maximum absolute atomic E-state index is 13.8. The summed E-state index contributed by atoms with van der Waals surface area (Å²) in [6.45, 7) is 1.84. The molecule has 1 aromatic carbocycles. The summed E-state index contributed by atoms with van der Waals surface area (Å²) in [6, 6.07) is 3.29. The van der Waals surface area contributed by atoms with Crippen LogP contribution in [-0.2, 0) is 10.3 Å². The van der Waals surface area contributed by atoms with Crippen molar-refractivity contribution in [1.29, 1.82) is 0 Å². The number of nitrogens with two attached hydrogens (primary N) is 1. The highest BCUT2D eigenvalue weighted by Crippen LogP contribution is 2.36. The maximum Gasteiger partial charge on any atom is 0.131 e. The number of benzene rings is 1. The van der Waals surface area contributed by atoms with Crippen LogP contribution in [-0.4, -0.2) is 24.4 Å². The predicted molar refractivity (Wildman–Crippen MR) is 62.8 cm³/mol. The van der Waals surface area contributed by atoms with Crippen LogP contribution in [0.25, 0.3) is 0 Å². The minimum Gasteiger partial charge on any atom is -0.396 e. The smallest absolute Gasteiger partial charge is 0.131 e. The van der Waals surface area contributed by atoms with E-state index in [-0.39, 0.29) is 30.8 Å². The fraction of sp³-hybridized carbons (Fsp3) is 0.538. The van der Waals surface area contributed by atoms with Gasteiger partial charge in [0, 0.05) is 24.2 Å². The summed E-state index contributed by atoms with van der Waals surface area (Å²) in [6.07, 6.45) is 0.520. The lowest BCUT2D eigenvalue weighted by Gasteiger charge is -2.43. The number of hydrogen-bond donors (Lipinski definition) is 2. The Morgan fingerprint density at radius 3 is 2.83 bits per heavy atom. The first-order valence-electron chi connectivity index (χ1n) is 5.94. The van der Waals surface area contributed by atoms with Gasteiger partial charge in [-0.25, -0.2) is 8.78 Å². The zero-order valence-electron chi connectivity index (χ0n) is 10.2. The molecule has 1 fully saturated rings. The molecule has 3 N–H and O–H groups in total. The SMILES string of the molecule is C[C@H]1C[C@@H](CO)[C@](N)(c2ccc(F)cc2F)CO1. The Bertz CT molecular complexity index is 441. The molecule has 1 aromatic rings. The summed E-state index contributed by atoms with van der Waals surface area (Å²) in [7, 11) is 0. The lowest BCUT2D eigenvalue weighted by Crippen LogP contribution is -2.54. The Morgan fingerprint density at radius 2 is 2.22 bits per heavy atom. The van der Waals surface area contributed by atoms with E-state index in [1.807, 2.05) is 6.92 Å². The van der Waals surface area contributed by atoms with Gasteiger partial charge < -0.3 is 15.6 Å². The van der Waals surface area contributed by atoms with Crippen molar-refractivity contribution in [2.75, 3.05) is 13.2 Å². The quantitative estimate of drug-likeness (QED) is 0.845. The maximum atomic E-state index is 13.8. The van der Waals surface area contributed by atoms with E-state index in [1.165, 1.54) is 12.1 Å². The highest BCUT2D eigenvalue weighted by Gasteiger charge is 2.43. The average molecular weight is 257 g/mol. The van der Waals surface area contributed by atoms with E-state index in [0.717, 1.165) is 6.07 Å². The molecule has 0 saturated carbocycles. The van der Waals surface area contributed by atoms with Crippen LogP contribution in [0.3, 0.4) is 0 Å². The molecule has 1 saturated heterocycles. The molecule has 1 aliphatic rings. The van der Waals surface area contributed by atoms with Crippen LogP contribution in [0.4, 0.5) is 8.78 Å². The normalized spacial score (nSPS) is 32.5. The summed E-state index contributed by atoms with van der Waals surface area (Å²) < 4.78 is 32.2. The van der Waals surface area contributed by atoms with Crippen LogP contribution in [0, 0.1) is 17.6 Å². The standard InChI is InChI=1S/C13H17F2NO2/c1-8-4-9(6-17)13(16,7-18-8)11-3-2-10(14)5-12(11)15/h2-3,5,8-9,17H,4,6-7,16H2,1H3/t8-,9-,13-/m0/s1. The Labute approximate surface area is 105 Å². The lowest BCUT2D eigenvalue weighted by molar-refractivity contribution is -0.0680. The molecule has 0 unspecified atom stereocenters. The Kier molecular flexibility index (Phi) is 3.66. The average Bonchev–Trinajstić information content (AvgIpc) is 2.32. The molecule has 0 aromatic heterocycles. The minimum absolute atomic E-state index is 0.0256. The molecule has 0 spiro atoms. The van der Waals surface area contributed by atoms with E-state index in [9.17, 15) is 13.9 Å². The molecule has 1 aliphatic heterocycles. The zero-order valence-corrected chi connectivity index (χ0v) is 10.2. The van der Waals surface area contributed by atoms with Gasteiger partial charge in [0.05, 0.1) is 18.2 Å². The van der Waals surface area contributed by atoms with Crippen molar-refractivity contribution >= 4 is 0 Å². The molecule has 0 aliphatic carbocycles. The molecule has 1 heterocycles. The fourth-order valence-corrected chi connectivity index (χ4v) is 2.48. The second kappa shape index (κ2) is 4.91. The molecular formula is C13H17F2NO2. The van der Waals surface area contributed by atoms with E-state index < -0.39 is 17.2 Å². The molecule has 0 amide bonds. The fourth-order valence-electron chi connectivity index (χ4n) is 2.48. The third kappa shape index (κ3) is 2.25. The summed E-state index contributed by atoms with van der Waals surface area (Å²) >= 11 is 0. The van der Waals surface area contributed by atoms with E-state index in [2.05, 4.69) is 0 Å². The number of halogens is 2. The van der Waals surface area contributed by atoms with Gasteiger partial charge in [-0.05, 0) is 19.4 Å². The lowest BCUT2D eigenvalue weighted by atomic mass is 9.75. The number of ether oxygens (including phenoxy) is 1. The van der Waals surface area contributed by atoms with Crippen molar-refractivity contribution in [2.24, 2.45) is 11.7 Å². The van der Waals surface area contributed by atoms with Crippen molar-refractivity contribution in [3.05, 3.63) is 35.4 Å². The van der Waals surface area contributed by atoms with Crippen LogP contribution in [0.1, 0.15) is 18.9 Å². The zero-order chi connectivity index (χ0) is 13.3. The Morgan fingerprint density at radius 1 is 1.50 bits per heavy atom. The van der Waals surface area contributed by atoms with E-state index in [0.29, 0.717) is 6.42 Å². The summed E-state index contributed by atoms with van der Waals surface area (Å²) in [5, 5.41) is 9.42. The predicted octanol–water partition coefficient (Wildman–Crippen LogP) is 1.54. The van der Waals surface area contributed by atoms with Gasteiger partial charge in [-0.2, -0.15) is 0 Å². The first-order valence-corrected chi connectivity index (χ1v) is 5.94. The highest BCUT2D eigenvalue weighted by atomic mass is 19.1. The van der Waals surface area contributed by atoms with Crippen LogP contribution >= 0.6 is 0 Å². The first-order chi connectivity index (χ1) is 8.47. The molecule has 0 radical (unpaired) electrons. The van der Waals surface area contributed by atoms with Crippen LogP contribution in [0.5, 0.6) is 0 Å². The van der Waals surface area contributed by atoms with Gasteiger partial charge in [0.1, 0.15) is 11.6 Å². The Hall–Kier alpha value is -1.04. The Balaban J connectivity index is 2.39. The molecule has 100 valence electrons. The number of aliphatic hydroxyl groups excluding tert-OH is 1. The molecule has 18 heavy (non-hydrogen) atoms. The number of hydrogen-bond acceptors (Lipinski definition) is 3. The van der Waals surface area contributed by atoms with Gasteiger partial charge in [-0.3, -0.25) is 0 Å². The van der Waals surface area contributed by atoms with Crippen molar-refractivity contribution in [1.82, 2.24) is 0 Å². The van der Waals surface area contributed by atoms with Gasteiger partial charge in [0.15, 0.2) is 0 Å². The van der Waals surface area contributed by atoms with Crippen LogP contribution < -0.4 is 5.73 Å². The molecule has 3 atom stereocenters. The summed E-state index contributed by atoms with van der Waals surface area (Å²) in [4.78, 5) is 0. The van der Waals surface area contributed by atoms with E-state index in [4.69, 9.17) is 10.5 Å². The molecule has 5 heteroatoms. The van der Waals surface area contributed by atoms with E-state index in [1.54, 1.807) is 0 Å². The van der Waals surface area contributed by atoms with Crippen molar-refractivity contribution in [3.8, 4) is 0 Å². The monoisotopic (exact) mass is 257 g/mol. The molecular weight excluding hydrogens is 240 g/mol. The van der Waals surface area contributed by atoms with Gasteiger partial charge in [-0.15, -0.1) is 0 Å². The molecule has 0 bridgehead atoms. The first kappa shape index (κ1) is 13.4. The van der Waals surface area contributed by atoms with Gasteiger partial charge >= 0.3 is 0 Å².